The molecule has 3 saturated heterocycles. The number of likely N-dealkylation sites (tertiary alicyclic amines) is 2. The molecule has 0 radical (unpaired) electrons. The first-order valence-corrected chi connectivity index (χ1v) is 9.99. The van der Waals surface area contributed by atoms with Gasteiger partial charge < -0.3 is 14.7 Å². The van der Waals surface area contributed by atoms with E-state index in [1.807, 2.05) is 29.0 Å². The molecule has 3 aliphatic rings. The highest BCUT2D eigenvalue weighted by Crippen LogP contribution is 2.40. The number of amides is 2. The highest BCUT2D eigenvalue weighted by Gasteiger charge is 2.48. The Morgan fingerprint density at radius 1 is 0.923 bits per heavy atom. The van der Waals surface area contributed by atoms with Crippen LogP contribution < -0.4 is 4.90 Å². The lowest BCUT2D eigenvalue weighted by Crippen LogP contribution is -2.48. The Bertz CT molecular complexity index is 681. The van der Waals surface area contributed by atoms with Gasteiger partial charge in [-0.15, -0.1) is 0 Å². The van der Waals surface area contributed by atoms with E-state index in [1.165, 1.54) is 24.9 Å². The molecule has 5 nitrogen and oxygen atoms in total. The van der Waals surface area contributed by atoms with E-state index < -0.39 is 0 Å². The predicted octanol–water partition coefficient (Wildman–Crippen LogP) is 2.76. The summed E-state index contributed by atoms with van der Waals surface area (Å²) in [6.45, 7) is 4.32. The lowest BCUT2D eigenvalue weighted by Gasteiger charge is -2.37. The topological polar surface area (TPSA) is 43.9 Å². The van der Waals surface area contributed by atoms with Crippen molar-refractivity contribution in [1.29, 1.82) is 0 Å². The van der Waals surface area contributed by atoms with Gasteiger partial charge in [0.25, 0.3) is 5.91 Å². The fraction of sp³-hybridized carbons (Fsp3) is 0.619. The number of piperidine rings is 2. The van der Waals surface area contributed by atoms with Crippen LogP contribution in [0.1, 0.15) is 48.9 Å². The molecule has 140 valence electrons. The number of hydrogen-bond acceptors (Lipinski definition) is 3. The van der Waals surface area contributed by atoms with E-state index in [1.54, 1.807) is 0 Å². The molecule has 1 spiro atoms. The van der Waals surface area contributed by atoms with E-state index in [4.69, 9.17) is 0 Å². The molecule has 3 heterocycles. The van der Waals surface area contributed by atoms with Crippen molar-refractivity contribution in [1.82, 2.24) is 9.80 Å². The van der Waals surface area contributed by atoms with Crippen molar-refractivity contribution in [3.05, 3.63) is 29.8 Å². The van der Waals surface area contributed by atoms with Crippen LogP contribution in [0.3, 0.4) is 0 Å². The van der Waals surface area contributed by atoms with Gasteiger partial charge in [-0.3, -0.25) is 9.59 Å². The van der Waals surface area contributed by atoms with Gasteiger partial charge in [0.1, 0.15) is 0 Å². The van der Waals surface area contributed by atoms with E-state index in [-0.39, 0.29) is 17.2 Å². The Hall–Kier alpha value is -2.04. The smallest absolute Gasteiger partial charge is 0.253 e. The average molecular weight is 355 g/mol. The first-order chi connectivity index (χ1) is 12.6. The minimum Gasteiger partial charge on any atom is -0.372 e. The van der Waals surface area contributed by atoms with Crippen molar-refractivity contribution in [2.75, 3.05) is 44.7 Å². The highest BCUT2D eigenvalue weighted by molar-refractivity contribution is 5.96. The van der Waals surface area contributed by atoms with E-state index in [0.717, 1.165) is 44.5 Å². The normalized spacial score (nSPS) is 26.7. The summed E-state index contributed by atoms with van der Waals surface area (Å²) in [5, 5.41) is 0. The molecule has 26 heavy (non-hydrogen) atoms. The Labute approximate surface area is 155 Å². The quantitative estimate of drug-likeness (QED) is 0.819. The van der Waals surface area contributed by atoms with Crippen LogP contribution in [0.2, 0.25) is 0 Å². The van der Waals surface area contributed by atoms with Gasteiger partial charge in [0, 0.05) is 51.0 Å². The molecule has 3 fully saturated rings. The molecule has 2 amide bonds. The zero-order chi connectivity index (χ0) is 18.1. The van der Waals surface area contributed by atoms with Crippen molar-refractivity contribution >= 4 is 17.5 Å². The number of nitrogens with zero attached hydrogens (tertiary/aromatic N) is 3. The van der Waals surface area contributed by atoms with Gasteiger partial charge in [-0.25, -0.2) is 0 Å². The third-order valence-corrected chi connectivity index (χ3v) is 6.43. The molecule has 5 heteroatoms. The number of carbonyl (C=O) groups is 2. The molecule has 0 bridgehead atoms. The summed E-state index contributed by atoms with van der Waals surface area (Å²) in [6.07, 6.45) is 6.56. The Morgan fingerprint density at radius 3 is 2.38 bits per heavy atom. The maximum absolute atomic E-state index is 12.9. The molecule has 0 aromatic heterocycles. The number of carbonyl (C=O) groups excluding carboxylic acids is 2. The summed E-state index contributed by atoms with van der Waals surface area (Å²) in [5.41, 5.74) is 1.61. The van der Waals surface area contributed by atoms with Crippen LogP contribution in [0.5, 0.6) is 0 Å². The number of benzene rings is 1. The minimum absolute atomic E-state index is 0.0631. The molecule has 3 aliphatic heterocycles. The SMILES string of the molecule is CN1CCCC2(CCN(C(=O)c3ccc(N4CCCCC4)cc3)C2)C1=O. The van der Waals surface area contributed by atoms with Crippen molar-refractivity contribution in [2.24, 2.45) is 5.41 Å². The summed E-state index contributed by atoms with van der Waals surface area (Å²) in [5.74, 6) is 0.285. The van der Waals surface area contributed by atoms with Crippen LogP contribution >= 0.6 is 0 Å². The second-order valence-corrected chi connectivity index (χ2v) is 8.18. The molecule has 1 aromatic rings. The van der Waals surface area contributed by atoms with Gasteiger partial charge in [0.2, 0.25) is 5.91 Å². The van der Waals surface area contributed by atoms with Crippen molar-refractivity contribution in [3.8, 4) is 0 Å². The van der Waals surface area contributed by atoms with Crippen LogP contribution in [-0.4, -0.2) is 61.4 Å². The standard InChI is InChI=1S/C21H29N3O2/c1-22-12-5-10-21(20(22)26)11-15-24(16-21)19(25)17-6-8-18(9-7-17)23-13-3-2-4-14-23/h6-9H,2-5,10-16H2,1H3. The molecular weight excluding hydrogens is 326 g/mol. The van der Waals surface area contributed by atoms with Gasteiger partial charge in [0.05, 0.1) is 5.41 Å². The minimum atomic E-state index is -0.337. The van der Waals surface area contributed by atoms with Crippen LogP contribution in [0.4, 0.5) is 5.69 Å². The van der Waals surface area contributed by atoms with Gasteiger partial charge in [0.15, 0.2) is 0 Å². The van der Waals surface area contributed by atoms with E-state index in [2.05, 4.69) is 17.0 Å². The van der Waals surface area contributed by atoms with Gasteiger partial charge in [-0.1, -0.05) is 0 Å². The maximum atomic E-state index is 12.9. The van der Waals surface area contributed by atoms with Crippen molar-refractivity contribution in [3.63, 3.8) is 0 Å². The number of anilines is 1. The third-order valence-electron chi connectivity index (χ3n) is 6.43. The van der Waals surface area contributed by atoms with Crippen LogP contribution in [0.15, 0.2) is 24.3 Å². The lowest BCUT2D eigenvalue weighted by atomic mass is 9.78. The molecule has 1 unspecified atom stereocenters. The van der Waals surface area contributed by atoms with Crippen LogP contribution in [0, 0.1) is 5.41 Å². The summed E-state index contributed by atoms with van der Waals surface area (Å²) in [6, 6.07) is 8.05. The first-order valence-electron chi connectivity index (χ1n) is 9.99. The van der Waals surface area contributed by atoms with Crippen molar-refractivity contribution in [2.45, 2.75) is 38.5 Å². The van der Waals surface area contributed by atoms with Gasteiger partial charge in [-0.2, -0.15) is 0 Å². The fourth-order valence-corrected chi connectivity index (χ4v) is 4.84. The van der Waals surface area contributed by atoms with E-state index in [9.17, 15) is 9.59 Å². The maximum Gasteiger partial charge on any atom is 0.253 e. The number of hydrogen-bond donors (Lipinski definition) is 0. The summed E-state index contributed by atoms with van der Waals surface area (Å²) < 4.78 is 0. The van der Waals surface area contributed by atoms with E-state index >= 15 is 0 Å². The predicted molar refractivity (Wildman–Crippen MR) is 102 cm³/mol. The third kappa shape index (κ3) is 3.08. The largest absolute Gasteiger partial charge is 0.372 e. The fourth-order valence-electron chi connectivity index (χ4n) is 4.84. The van der Waals surface area contributed by atoms with Crippen LogP contribution in [0.25, 0.3) is 0 Å². The van der Waals surface area contributed by atoms with Crippen LogP contribution in [-0.2, 0) is 4.79 Å². The first kappa shape index (κ1) is 17.4. The van der Waals surface area contributed by atoms with Crippen molar-refractivity contribution < 1.29 is 9.59 Å². The zero-order valence-corrected chi connectivity index (χ0v) is 15.7. The number of rotatable bonds is 2. The average Bonchev–Trinajstić information content (AvgIpc) is 3.11. The van der Waals surface area contributed by atoms with Gasteiger partial charge >= 0.3 is 0 Å². The Morgan fingerprint density at radius 2 is 1.65 bits per heavy atom. The highest BCUT2D eigenvalue weighted by atomic mass is 16.2. The summed E-state index contributed by atoms with van der Waals surface area (Å²) >= 11 is 0. The molecule has 0 saturated carbocycles. The zero-order valence-electron chi connectivity index (χ0n) is 15.7. The molecule has 4 rings (SSSR count). The Balaban J connectivity index is 1.44. The molecule has 0 N–H and O–H groups in total. The summed E-state index contributed by atoms with van der Waals surface area (Å²) in [7, 11) is 1.88. The second kappa shape index (κ2) is 6.93. The molecule has 1 atom stereocenters. The molecule has 0 aliphatic carbocycles. The summed E-state index contributed by atoms with van der Waals surface area (Å²) in [4.78, 5) is 31.7. The van der Waals surface area contributed by atoms with E-state index in [0.29, 0.717) is 13.1 Å². The molecular formula is C21H29N3O2. The Kier molecular flexibility index (Phi) is 4.63. The second-order valence-electron chi connectivity index (χ2n) is 8.18. The monoisotopic (exact) mass is 355 g/mol. The lowest BCUT2D eigenvalue weighted by molar-refractivity contribution is -0.143. The van der Waals surface area contributed by atoms with Gasteiger partial charge in [-0.05, 0) is 62.8 Å². The molecule has 1 aromatic carbocycles.